The number of nitrogens with zero attached hydrogens (tertiary/aromatic N) is 2. The summed E-state index contributed by atoms with van der Waals surface area (Å²) < 4.78 is 2.96. The lowest BCUT2D eigenvalue weighted by molar-refractivity contribution is -0.917. The zero-order valence-corrected chi connectivity index (χ0v) is 23.3. The maximum absolute atomic E-state index is 2.39. The molecule has 28 heavy (non-hydrogen) atoms. The lowest BCUT2D eigenvalue weighted by Gasteiger charge is -2.38. The Morgan fingerprint density at radius 3 is 1.14 bits per heavy atom. The lowest BCUT2D eigenvalue weighted by Crippen LogP contribution is -3.00. The van der Waals surface area contributed by atoms with E-state index in [0.717, 1.165) is 11.8 Å². The van der Waals surface area contributed by atoms with E-state index in [1.807, 2.05) is 0 Å². The van der Waals surface area contributed by atoms with E-state index in [1.165, 1.54) is 113 Å². The van der Waals surface area contributed by atoms with Crippen molar-refractivity contribution in [2.45, 2.75) is 90.9 Å². The summed E-state index contributed by atoms with van der Waals surface area (Å²) in [6.45, 7) is 16.6. The Hall–Kier alpha value is 1.38. The van der Waals surface area contributed by atoms with Crippen LogP contribution >= 0.6 is 0 Å². The fourth-order valence-electron chi connectivity index (χ4n) is 6.80. The molecule has 0 atom stereocenters. The monoisotopic (exact) mass is 618 g/mol. The highest BCUT2D eigenvalue weighted by molar-refractivity contribution is 4.74. The molecule has 0 aromatic rings. The number of hydrogen-bond acceptors (Lipinski definition) is 0. The van der Waals surface area contributed by atoms with Gasteiger partial charge in [0.1, 0.15) is 0 Å². The molecule has 0 radical (unpaired) electrons. The molecule has 3 aliphatic rings. The molecule has 0 amide bonds. The van der Waals surface area contributed by atoms with Crippen molar-refractivity contribution in [3.8, 4) is 0 Å². The highest BCUT2D eigenvalue weighted by atomic mass is 127. The highest BCUT2D eigenvalue weighted by Gasteiger charge is 2.34. The maximum Gasteiger partial charge on any atom is 0.0789 e. The van der Waals surface area contributed by atoms with E-state index >= 15 is 0 Å². The van der Waals surface area contributed by atoms with Crippen LogP contribution in [-0.4, -0.2) is 61.3 Å². The molecule has 0 aromatic carbocycles. The molecule has 2 nitrogen and oxygen atoms in total. The van der Waals surface area contributed by atoms with Gasteiger partial charge < -0.3 is 56.9 Å². The van der Waals surface area contributed by atoms with Gasteiger partial charge in [0, 0.05) is 25.7 Å². The van der Waals surface area contributed by atoms with Gasteiger partial charge >= 0.3 is 0 Å². The predicted octanol–water partition coefficient (Wildman–Crippen LogP) is -0.378. The second-order valence-corrected chi connectivity index (χ2v) is 10.4. The minimum Gasteiger partial charge on any atom is -1.00 e. The predicted molar refractivity (Wildman–Crippen MR) is 113 cm³/mol. The van der Waals surface area contributed by atoms with Crippen LogP contribution in [0.1, 0.15) is 90.9 Å². The summed E-state index contributed by atoms with van der Waals surface area (Å²) in [5, 5.41) is 0. The standard InChI is InChI=1S/C24H48N2.2HI/c1-3-15-25(17-5-6-18-25)21-13-23-9-11-24(12-10-23)14-22-26(16-4-2)19-7-8-20-26;;/h23-24H,3-22H2,1-2H3;2*1H/q+2;;/p-2. The summed E-state index contributed by atoms with van der Waals surface area (Å²) >= 11 is 0. The summed E-state index contributed by atoms with van der Waals surface area (Å²) in [4.78, 5) is 0. The first-order valence-corrected chi connectivity index (χ1v) is 12.4. The smallest absolute Gasteiger partial charge is 0.0789 e. The molecule has 1 aliphatic carbocycles. The Morgan fingerprint density at radius 1 is 0.536 bits per heavy atom. The van der Waals surface area contributed by atoms with Crippen LogP contribution in [0.4, 0.5) is 0 Å². The van der Waals surface area contributed by atoms with Crippen molar-refractivity contribution in [2.75, 3.05) is 52.4 Å². The first-order chi connectivity index (χ1) is 12.7. The van der Waals surface area contributed by atoms with Gasteiger partial charge in [-0.3, -0.25) is 0 Å². The maximum atomic E-state index is 2.39. The van der Waals surface area contributed by atoms with Crippen molar-refractivity contribution in [3.63, 3.8) is 0 Å². The fourth-order valence-corrected chi connectivity index (χ4v) is 6.80. The van der Waals surface area contributed by atoms with E-state index in [0.29, 0.717) is 0 Å². The molecule has 4 heteroatoms. The van der Waals surface area contributed by atoms with Gasteiger partial charge in [0.25, 0.3) is 0 Å². The molecule has 0 N–H and O–H groups in total. The van der Waals surface area contributed by atoms with Gasteiger partial charge in [-0.25, -0.2) is 0 Å². The van der Waals surface area contributed by atoms with Crippen LogP contribution in [0.5, 0.6) is 0 Å². The molecule has 3 rings (SSSR count). The zero-order chi connectivity index (χ0) is 18.3. The minimum absolute atomic E-state index is 0. The van der Waals surface area contributed by atoms with Gasteiger partial charge in [0.15, 0.2) is 0 Å². The van der Waals surface area contributed by atoms with E-state index < -0.39 is 0 Å². The van der Waals surface area contributed by atoms with Gasteiger partial charge in [-0.2, -0.15) is 0 Å². The van der Waals surface area contributed by atoms with Crippen molar-refractivity contribution in [1.82, 2.24) is 0 Å². The molecule has 2 saturated heterocycles. The van der Waals surface area contributed by atoms with E-state index in [1.54, 1.807) is 25.7 Å². The van der Waals surface area contributed by atoms with Crippen LogP contribution in [0, 0.1) is 11.8 Å². The second-order valence-electron chi connectivity index (χ2n) is 10.4. The molecule has 1 saturated carbocycles. The van der Waals surface area contributed by atoms with Crippen LogP contribution in [0.3, 0.4) is 0 Å². The van der Waals surface area contributed by atoms with Gasteiger partial charge in [-0.05, 0) is 63.2 Å². The Morgan fingerprint density at radius 2 is 0.857 bits per heavy atom. The third-order valence-electron chi connectivity index (χ3n) is 8.42. The van der Waals surface area contributed by atoms with Crippen molar-refractivity contribution in [3.05, 3.63) is 0 Å². The summed E-state index contributed by atoms with van der Waals surface area (Å²) in [6, 6.07) is 0. The average Bonchev–Trinajstić information content (AvgIpc) is 3.31. The van der Waals surface area contributed by atoms with E-state index in [4.69, 9.17) is 0 Å². The van der Waals surface area contributed by atoms with Crippen LogP contribution in [0.2, 0.25) is 0 Å². The van der Waals surface area contributed by atoms with Gasteiger partial charge in [-0.1, -0.05) is 13.8 Å². The average molecular weight is 618 g/mol. The Kier molecular flexibility index (Phi) is 13.4. The largest absolute Gasteiger partial charge is 1.00 e. The molecular formula is C24H48I2N2. The van der Waals surface area contributed by atoms with Crippen LogP contribution < -0.4 is 48.0 Å². The van der Waals surface area contributed by atoms with Crippen molar-refractivity contribution < 1.29 is 56.9 Å². The fraction of sp³-hybridized carbons (Fsp3) is 1.00. The quantitative estimate of drug-likeness (QED) is 0.232. The van der Waals surface area contributed by atoms with E-state index in [-0.39, 0.29) is 48.0 Å². The number of halogens is 2. The molecule has 3 fully saturated rings. The van der Waals surface area contributed by atoms with E-state index in [2.05, 4.69) is 13.8 Å². The van der Waals surface area contributed by atoms with Gasteiger partial charge in [-0.15, -0.1) is 0 Å². The minimum atomic E-state index is 0. The van der Waals surface area contributed by atoms with Crippen molar-refractivity contribution in [2.24, 2.45) is 11.8 Å². The Labute approximate surface area is 210 Å². The molecule has 0 spiro atoms. The van der Waals surface area contributed by atoms with Crippen LogP contribution in [-0.2, 0) is 0 Å². The Balaban J connectivity index is 0.00000196. The highest BCUT2D eigenvalue weighted by Crippen LogP contribution is 2.35. The van der Waals surface area contributed by atoms with Crippen LogP contribution in [0.15, 0.2) is 0 Å². The van der Waals surface area contributed by atoms with Crippen molar-refractivity contribution in [1.29, 1.82) is 0 Å². The lowest BCUT2D eigenvalue weighted by atomic mass is 9.79. The number of likely N-dealkylation sites (tertiary alicyclic amines) is 2. The number of rotatable bonds is 10. The second kappa shape index (κ2) is 13.7. The number of hydrogen-bond donors (Lipinski definition) is 0. The molecular weight excluding hydrogens is 570 g/mol. The normalized spacial score (nSPS) is 28.5. The third kappa shape index (κ3) is 7.81. The first kappa shape index (κ1) is 27.4. The first-order valence-electron chi connectivity index (χ1n) is 12.4. The topological polar surface area (TPSA) is 0 Å². The van der Waals surface area contributed by atoms with Crippen LogP contribution in [0.25, 0.3) is 0 Å². The molecule has 2 heterocycles. The summed E-state index contributed by atoms with van der Waals surface area (Å²) in [5.74, 6) is 2.12. The summed E-state index contributed by atoms with van der Waals surface area (Å²) in [6.07, 6.45) is 18.0. The van der Waals surface area contributed by atoms with E-state index in [9.17, 15) is 0 Å². The zero-order valence-electron chi connectivity index (χ0n) is 18.9. The SMILES string of the molecule is CCC[N+]1(CCC2CCC(CC[N+]3(CCC)CCCC3)CC2)CCCC1.[I-].[I-]. The van der Waals surface area contributed by atoms with Crippen molar-refractivity contribution >= 4 is 0 Å². The molecule has 0 aromatic heterocycles. The molecule has 168 valence electrons. The number of quaternary nitrogens is 2. The Bertz CT molecular complexity index is 357. The summed E-state index contributed by atoms with van der Waals surface area (Å²) in [7, 11) is 0. The third-order valence-corrected chi connectivity index (χ3v) is 8.42. The summed E-state index contributed by atoms with van der Waals surface area (Å²) in [5.41, 5.74) is 0. The molecule has 2 aliphatic heterocycles. The molecule has 0 unspecified atom stereocenters. The van der Waals surface area contributed by atoms with Gasteiger partial charge in [0.2, 0.25) is 0 Å². The molecule has 0 bridgehead atoms. The van der Waals surface area contributed by atoms with Gasteiger partial charge in [0.05, 0.1) is 52.4 Å².